The third kappa shape index (κ3) is 1.29. The van der Waals surface area contributed by atoms with Crippen molar-refractivity contribution in [1.82, 2.24) is 10.2 Å². The summed E-state index contributed by atoms with van der Waals surface area (Å²) in [4.78, 5) is 28.9. The van der Waals surface area contributed by atoms with E-state index in [0.29, 0.717) is 25.5 Å². The number of amides is 2. The van der Waals surface area contributed by atoms with E-state index in [1.54, 1.807) is 4.90 Å². The van der Waals surface area contributed by atoms with Crippen molar-refractivity contribution >= 4 is 17.8 Å². The first-order chi connectivity index (χ1) is 6.74. The fraction of sp³-hybridized carbons (Fsp3) is 0.667. The molecule has 0 bridgehead atoms. The van der Waals surface area contributed by atoms with Gasteiger partial charge in [0.05, 0.1) is 6.54 Å². The molecule has 2 aliphatic rings. The molecule has 1 N–H and O–H groups in total. The van der Waals surface area contributed by atoms with Crippen LogP contribution in [0, 0.1) is 5.92 Å². The Balaban J connectivity index is 2.19. The number of nitrogens with zero attached hydrogens (tertiary/aromatic N) is 2. The molecular formula is C9H13N3O2. The zero-order chi connectivity index (χ0) is 10.1. The Morgan fingerprint density at radius 1 is 1.57 bits per heavy atom. The molecule has 0 radical (unpaired) electrons. The zero-order valence-electron chi connectivity index (χ0n) is 8.12. The maximum absolute atomic E-state index is 11.8. The van der Waals surface area contributed by atoms with Crippen LogP contribution >= 0.6 is 0 Å². The Bertz CT molecular complexity index is 311. The third-order valence-corrected chi connectivity index (χ3v) is 2.53. The van der Waals surface area contributed by atoms with Gasteiger partial charge in [-0.2, -0.15) is 0 Å². The third-order valence-electron chi connectivity index (χ3n) is 2.53. The number of fused-ring (bicyclic) bond motifs is 1. The lowest BCUT2D eigenvalue weighted by Gasteiger charge is -2.29. The van der Waals surface area contributed by atoms with Crippen LogP contribution in [-0.2, 0) is 9.59 Å². The molecule has 2 heterocycles. The highest BCUT2D eigenvalue weighted by Gasteiger charge is 2.39. The van der Waals surface area contributed by atoms with E-state index < -0.39 is 5.92 Å². The summed E-state index contributed by atoms with van der Waals surface area (Å²) in [5.41, 5.74) is 0. The normalized spacial score (nSPS) is 25.9. The minimum Gasteiger partial charge on any atom is -0.295 e. The number of hydrogen-bond acceptors (Lipinski definition) is 3. The smallest absolute Gasteiger partial charge is 0.241 e. The standard InChI is InChI=1S/C9H13N3O2/c1-2-3-6-7(13)11-9-10-4-5-12(9)8(6)14/h6H,2-5H2,1H3,(H,10,11,13). The van der Waals surface area contributed by atoms with E-state index in [1.165, 1.54) is 0 Å². The molecule has 2 aliphatic heterocycles. The lowest BCUT2D eigenvalue weighted by molar-refractivity contribution is -0.141. The van der Waals surface area contributed by atoms with Gasteiger partial charge in [-0.15, -0.1) is 0 Å². The van der Waals surface area contributed by atoms with E-state index in [2.05, 4.69) is 10.3 Å². The van der Waals surface area contributed by atoms with Gasteiger partial charge in [0.1, 0.15) is 5.92 Å². The number of rotatable bonds is 2. The molecule has 2 rings (SSSR count). The van der Waals surface area contributed by atoms with Gasteiger partial charge in [0.15, 0.2) is 0 Å². The predicted octanol–water partition coefficient (Wildman–Crippen LogP) is -0.269. The minimum absolute atomic E-state index is 0.0909. The van der Waals surface area contributed by atoms with Crippen molar-refractivity contribution in [3.63, 3.8) is 0 Å². The second-order valence-corrected chi connectivity index (χ2v) is 3.53. The fourth-order valence-electron chi connectivity index (χ4n) is 1.81. The number of carbonyl (C=O) groups is 2. The SMILES string of the molecule is CCCC1C(=O)NC2=NCCN2C1=O. The summed E-state index contributed by atoms with van der Waals surface area (Å²) < 4.78 is 0. The summed E-state index contributed by atoms with van der Waals surface area (Å²) >= 11 is 0. The molecular weight excluding hydrogens is 182 g/mol. The number of guanidine groups is 1. The van der Waals surface area contributed by atoms with Gasteiger partial charge in [0, 0.05) is 6.54 Å². The lowest BCUT2D eigenvalue weighted by atomic mass is 9.99. The molecule has 0 aliphatic carbocycles. The van der Waals surface area contributed by atoms with Crippen LogP contribution in [-0.4, -0.2) is 35.8 Å². The van der Waals surface area contributed by atoms with Crippen LogP contribution in [0.1, 0.15) is 19.8 Å². The van der Waals surface area contributed by atoms with E-state index in [4.69, 9.17) is 0 Å². The Morgan fingerprint density at radius 3 is 3.07 bits per heavy atom. The summed E-state index contributed by atoms with van der Waals surface area (Å²) in [7, 11) is 0. The quantitative estimate of drug-likeness (QED) is 0.616. The molecule has 76 valence electrons. The van der Waals surface area contributed by atoms with Crippen molar-refractivity contribution in [3.05, 3.63) is 0 Å². The first-order valence-corrected chi connectivity index (χ1v) is 4.90. The Labute approximate surface area is 82.2 Å². The van der Waals surface area contributed by atoms with Gasteiger partial charge in [-0.05, 0) is 6.42 Å². The Hall–Kier alpha value is -1.39. The van der Waals surface area contributed by atoms with Gasteiger partial charge in [0.2, 0.25) is 17.8 Å². The lowest BCUT2D eigenvalue weighted by Crippen LogP contribution is -2.56. The summed E-state index contributed by atoms with van der Waals surface area (Å²) in [6.07, 6.45) is 1.46. The van der Waals surface area contributed by atoms with Crippen molar-refractivity contribution in [2.45, 2.75) is 19.8 Å². The summed E-state index contributed by atoms with van der Waals surface area (Å²) in [5, 5.41) is 2.66. The van der Waals surface area contributed by atoms with Crippen LogP contribution in [0.3, 0.4) is 0 Å². The van der Waals surface area contributed by atoms with Gasteiger partial charge >= 0.3 is 0 Å². The monoisotopic (exact) mass is 195 g/mol. The molecule has 0 aromatic heterocycles. The van der Waals surface area contributed by atoms with Crippen LogP contribution in [0.15, 0.2) is 4.99 Å². The number of nitrogens with one attached hydrogen (secondary N) is 1. The van der Waals surface area contributed by atoms with Crippen LogP contribution in [0.2, 0.25) is 0 Å². The van der Waals surface area contributed by atoms with E-state index in [1.807, 2.05) is 6.92 Å². The van der Waals surface area contributed by atoms with E-state index >= 15 is 0 Å². The molecule has 1 atom stereocenters. The summed E-state index contributed by atoms with van der Waals surface area (Å²) in [5.74, 6) is -0.356. The highest BCUT2D eigenvalue weighted by atomic mass is 16.2. The maximum atomic E-state index is 11.8. The molecule has 1 fully saturated rings. The molecule has 0 aromatic carbocycles. The van der Waals surface area contributed by atoms with Gasteiger partial charge in [-0.25, -0.2) is 0 Å². The van der Waals surface area contributed by atoms with Crippen molar-refractivity contribution < 1.29 is 9.59 Å². The van der Waals surface area contributed by atoms with Gasteiger partial charge in [0.25, 0.3) is 0 Å². The molecule has 5 nitrogen and oxygen atoms in total. The van der Waals surface area contributed by atoms with E-state index in [-0.39, 0.29) is 11.8 Å². The summed E-state index contributed by atoms with van der Waals surface area (Å²) in [6, 6.07) is 0. The Morgan fingerprint density at radius 2 is 2.36 bits per heavy atom. The molecule has 2 amide bonds. The molecule has 0 aromatic rings. The second kappa shape index (κ2) is 3.40. The molecule has 1 unspecified atom stereocenters. The van der Waals surface area contributed by atoms with Crippen molar-refractivity contribution in [1.29, 1.82) is 0 Å². The highest BCUT2D eigenvalue weighted by molar-refractivity contribution is 6.17. The number of aliphatic imine (C=N–C) groups is 1. The maximum Gasteiger partial charge on any atom is 0.241 e. The zero-order valence-corrected chi connectivity index (χ0v) is 8.12. The minimum atomic E-state index is -0.503. The molecule has 1 saturated heterocycles. The number of hydrogen-bond donors (Lipinski definition) is 1. The first-order valence-electron chi connectivity index (χ1n) is 4.90. The average Bonchev–Trinajstić information content (AvgIpc) is 2.60. The van der Waals surface area contributed by atoms with Crippen molar-refractivity contribution in [2.24, 2.45) is 10.9 Å². The average molecular weight is 195 g/mol. The largest absolute Gasteiger partial charge is 0.295 e. The Kier molecular flexibility index (Phi) is 2.23. The second-order valence-electron chi connectivity index (χ2n) is 3.53. The molecule has 0 saturated carbocycles. The molecule has 5 heteroatoms. The predicted molar refractivity (Wildman–Crippen MR) is 50.6 cm³/mol. The number of carbonyl (C=O) groups excluding carboxylic acids is 2. The first kappa shape index (κ1) is 9.18. The van der Waals surface area contributed by atoms with Crippen LogP contribution in [0.4, 0.5) is 0 Å². The van der Waals surface area contributed by atoms with E-state index in [9.17, 15) is 9.59 Å². The van der Waals surface area contributed by atoms with Crippen LogP contribution in [0.25, 0.3) is 0 Å². The van der Waals surface area contributed by atoms with Crippen molar-refractivity contribution in [2.75, 3.05) is 13.1 Å². The van der Waals surface area contributed by atoms with Crippen LogP contribution in [0.5, 0.6) is 0 Å². The van der Waals surface area contributed by atoms with Crippen molar-refractivity contribution in [3.8, 4) is 0 Å². The van der Waals surface area contributed by atoms with Gasteiger partial charge < -0.3 is 0 Å². The fourth-order valence-corrected chi connectivity index (χ4v) is 1.81. The topological polar surface area (TPSA) is 61.8 Å². The molecule has 0 spiro atoms. The van der Waals surface area contributed by atoms with E-state index in [0.717, 1.165) is 6.42 Å². The summed E-state index contributed by atoms with van der Waals surface area (Å²) in [6.45, 7) is 3.17. The van der Waals surface area contributed by atoms with Crippen LogP contribution < -0.4 is 5.32 Å². The molecule has 14 heavy (non-hydrogen) atoms. The van der Waals surface area contributed by atoms with Gasteiger partial charge in [-0.3, -0.25) is 24.8 Å². The van der Waals surface area contributed by atoms with Gasteiger partial charge in [-0.1, -0.05) is 13.3 Å². The highest BCUT2D eigenvalue weighted by Crippen LogP contribution is 2.17.